The molecule has 20 heavy (non-hydrogen) atoms. The van der Waals surface area contributed by atoms with E-state index >= 15 is 0 Å². The molecule has 1 amide bonds. The van der Waals surface area contributed by atoms with Crippen LogP contribution in [-0.2, 0) is 0 Å². The predicted octanol–water partition coefficient (Wildman–Crippen LogP) is 1.78. The van der Waals surface area contributed by atoms with Gasteiger partial charge < -0.3 is 5.11 Å². The molecule has 0 bridgehead atoms. The highest BCUT2D eigenvalue weighted by atomic mass is 35.5. The van der Waals surface area contributed by atoms with Crippen molar-refractivity contribution in [2.75, 3.05) is 5.32 Å². The molecule has 0 aliphatic heterocycles. The number of aromatic carboxylic acids is 1. The van der Waals surface area contributed by atoms with Crippen LogP contribution in [0.15, 0.2) is 24.4 Å². The zero-order chi connectivity index (χ0) is 14.7. The number of rotatable bonds is 3. The molecule has 7 nitrogen and oxygen atoms in total. The van der Waals surface area contributed by atoms with Crippen LogP contribution in [0, 0.1) is 6.92 Å². The predicted molar refractivity (Wildman–Crippen MR) is 70.9 cm³/mol. The molecule has 0 spiro atoms. The first-order valence-electron chi connectivity index (χ1n) is 5.48. The molecule has 2 rings (SSSR count). The maximum absolute atomic E-state index is 12.0. The summed E-state index contributed by atoms with van der Waals surface area (Å²) in [6.07, 6.45) is 1.32. The van der Waals surface area contributed by atoms with Crippen molar-refractivity contribution in [3.63, 3.8) is 0 Å². The van der Waals surface area contributed by atoms with E-state index in [1.54, 1.807) is 6.92 Å². The summed E-state index contributed by atoms with van der Waals surface area (Å²) in [6, 6.07) is 4.25. The number of carboxylic acids is 1. The minimum atomic E-state index is -1.24. The Morgan fingerprint density at radius 2 is 2.10 bits per heavy atom. The lowest BCUT2D eigenvalue weighted by atomic mass is 10.2. The first kappa shape index (κ1) is 13.9. The van der Waals surface area contributed by atoms with E-state index in [0.717, 1.165) is 0 Å². The number of hydrogen-bond acceptors (Lipinski definition) is 5. The van der Waals surface area contributed by atoms with Crippen LogP contribution in [0.25, 0.3) is 0 Å². The van der Waals surface area contributed by atoms with Crippen LogP contribution < -0.4 is 5.32 Å². The van der Waals surface area contributed by atoms with Crippen molar-refractivity contribution in [1.29, 1.82) is 0 Å². The van der Waals surface area contributed by atoms with Gasteiger partial charge in [0.2, 0.25) is 5.95 Å². The first-order valence-corrected chi connectivity index (χ1v) is 5.86. The van der Waals surface area contributed by atoms with Gasteiger partial charge in [0.15, 0.2) is 0 Å². The maximum atomic E-state index is 12.0. The van der Waals surface area contributed by atoms with E-state index in [4.69, 9.17) is 16.7 Å². The topological polar surface area (TPSA) is 105 Å². The fourth-order valence-corrected chi connectivity index (χ4v) is 1.74. The highest BCUT2D eigenvalue weighted by Gasteiger charge is 2.18. The van der Waals surface area contributed by atoms with E-state index < -0.39 is 11.9 Å². The number of carboxylic acid groups (broad SMARTS) is 1. The van der Waals surface area contributed by atoms with Gasteiger partial charge in [-0.25, -0.2) is 14.8 Å². The monoisotopic (exact) mass is 292 g/mol. The number of carbonyl (C=O) groups excluding carboxylic acids is 1. The normalized spacial score (nSPS) is 10.1. The van der Waals surface area contributed by atoms with E-state index in [9.17, 15) is 9.59 Å². The van der Waals surface area contributed by atoms with E-state index in [1.165, 1.54) is 24.4 Å². The number of nitrogens with one attached hydrogen (secondary N) is 1. The zero-order valence-electron chi connectivity index (χ0n) is 10.3. The molecular formula is C12H9ClN4O3. The summed E-state index contributed by atoms with van der Waals surface area (Å²) >= 11 is 5.75. The van der Waals surface area contributed by atoms with Crippen LogP contribution in [0.3, 0.4) is 0 Å². The Morgan fingerprint density at radius 3 is 2.75 bits per heavy atom. The van der Waals surface area contributed by atoms with Crippen LogP contribution in [-0.4, -0.2) is 31.9 Å². The fourth-order valence-electron chi connectivity index (χ4n) is 1.51. The number of anilines is 1. The SMILES string of the molecule is Cc1cc(Cl)nc(NC(=O)c2ncccc2C(=O)O)n1. The van der Waals surface area contributed by atoms with Crippen LogP contribution >= 0.6 is 11.6 Å². The molecule has 0 atom stereocenters. The van der Waals surface area contributed by atoms with Crippen molar-refractivity contribution in [1.82, 2.24) is 15.0 Å². The van der Waals surface area contributed by atoms with Crippen molar-refractivity contribution in [3.05, 3.63) is 46.5 Å². The lowest BCUT2D eigenvalue weighted by molar-refractivity contribution is 0.0691. The molecule has 0 aliphatic carbocycles. The third-order valence-corrected chi connectivity index (χ3v) is 2.50. The van der Waals surface area contributed by atoms with Gasteiger partial charge in [0.25, 0.3) is 5.91 Å². The average Bonchev–Trinajstić information content (AvgIpc) is 2.37. The Morgan fingerprint density at radius 1 is 1.35 bits per heavy atom. The van der Waals surface area contributed by atoms with E-state index in [1.807, 2.05) is 0 Å². The highest BCUT2D eigenvalue weighted by Crippen LogP contribution is 2.12. The number of amides is 1. The number of hydrogen-bond donors (Lipinski definition) is 2. The number of pyridine rings is 1. The quantitative estimate of drug-likeness (QED) is 0.836. The summed E-state index contributed by atoms with van der Waals surface area (Å²) in [5, 5.41) is 11.5. The average molecular weight is 293 g/mol. The molecule has 2 N–H and O–H groups in total. The number of carbonyl (C=O) groups is 2. The third-order valence-electron chi connectivity index (χ3n) is 2.30. The van der Waals surface area contributed by atoms with Crippen molar-refractivity contribution >= 4 is 29.4 Å². The fraction of sp³-hybridized carbons (Fsp3) is 0.0833. The van der Waals surface area contributed by atoms with Gasteiger partial charge in [0, 0.05) is 11.9 Å². The second kappa shape index (κ2) is 5.62. The minimum Gasteiger partial charge on any atom is -0.478 e. The van der Waals surface area contributed by atoms with Crippen LogP contribution in [0.1, 0.15) is 26.5 Å². The summed E-state index contributed by atoms with van der Waals surface area (Å²) in [5.74, 6) is -1.97. The number of nitrogens with zero attached hydrogens (tertiary/aromatic N) is 3. The summed E-state index contributed by atoms with van der Waals surface area (Å²) < 4.78 is 0. The van der Waals surface area contributed by atoms with Crippen LogP contribution in [0.4, 0.5) is 5.95 Å². The second-order valence-electron chi connectivity index (χ2n) is 3.81. The minimum absolute atomic E-state index is 0.0120. The Kier molecular flexibility index (Phi) is 3.90. The van der Waals surface area contributed by atoms with E-state index in [-0.39, 0.29) is 22.4 Å². The molecule has 0 aromatic carbocycles. The van der Waals surface area contributed by atoms with Crippen LogP contribution in [0.5, 0.6) is 0 Å². The van der Waals surface area contributed by atoms with Gasteiger partial charge in [0.05, 0.1) is 5.56 Å². The molecule has 0 saturated heterocycles. The smallest absolute Gasteiger partial charge is 0.338 e. The number of halogens is 1. The molecule has 2 aromatic rings. The summed E-state index contributed by atoms with van der Waals surface area (Å²) in [4.78, 5) is 34.6. The first-order chi connectivity index (χ1) is 9.47. The number of aromatic nitrogens is 3. The van der Waals surface area contributed by atoms with Crippen molar-refractivity contribution in [2.45, 2.75) is 6.92 Å². The van der Waals surface area contributed by atoms with Gasteiger partial charge in [-0.3, -0.25) is 15.1 Å². The molecule has 0 fully saturated rings. The van der Waals surface area contributed by atoms with Crippen molar-refractivity contribution < 1.29 is 14.7 Å². The molecule has 8 heteroatoms. The van der Waals surface area contributed by atoms with Crippen LogP contribution in [0.2, 0.25) is 5.15 Å². The lowest BCUT2D eigenvalue weighted by Gasteiger charge is -2.06. The largest absolute Gasteiger partial charge is 0.478 e. The van der Waals surface area contributed by atoms with Gasteiger partial charge in [-0.05, 0) is 25.1 Å². The molecule has 0 unspecified atom stereocenters. The summed E-state index contributed by atoms with van der Waals surface area (Å²) in [6.45, 7) is 1.69. The molecular weight excluding hydrogens is 284 g/mol. The Bertz CT molecular complexity index is 670. The molecule has 0 aliphatic rings. The molecule has 0 radical (unpaired) electrons. The molecule has 2 aromatic heterocycles. The van der Waals surface area contributed by atoms with Gasteiger partial charge in [-0.15, -0.1) is 0 Å². The van der Waals surface area contributed by atoms with Crippen molar-refractivity contribution in [2.24, 2.45) is 0 Å². The summed E-state index contributed by atoms with van der Waals surface area (Å²) in [5.41, 5.74) is 0.143. The lowest BCUT2D eigenvalue weighted by Crippen LogP contribution is -2.19. The molecule has 102 valence electrons. The van der Waals surface area contributed by atoms with E-state index in [2.05, 4.69) is 20.3 Å². The zero-order valence-corrected chi connectivity index (χ0v) is 11.0. The third kappa shape index (κ3) is 3.07. The molecule has 2 heterocycles. The molecule has 0 saturated carbocycles. The highest BCUT2D eigenvalue weighted by molar-refractivity contribution is 6.29. The van der Waals surface area contributed by atoms with Gasteiger partial charge >= 0.3 is 5.97 Å². The van der Waals surface area contributed by atoms with Gasteiger partial charge in [0.1, 0.15) is 10.8 Å². The van der Waals surface area contributed by atoms with Crippen molar-refractivity contribution in [3.8, 4) is 0 Å². The second-order valence-corrected chi connectivity index (χ2v) is 4.20. The summed E-state index contributed by atoms with van der Waals surface area (Å²) in [7, 11) is 0. The Labute approximate surface area is 118 Å². The Hall–Kier alpha value is -2.54. The standard InChI is InChI=1S/C12H9ClN4O3/c1-6-5-8(13)16-12(15-6)17-10(18)9-7(11(19)20)3-2-4-14-9/h2-5H,1H3,(H,19,20)(H,15,16,17,18). The van der Waals surface area contributed by atoms with E-state index in [0.29, 0.717) is 5.69 Å². The van der Waals surface area contributed by atoms with Gasteiger partial charge in [-0.1, -0.05) is 11.6 Å². The Balaban J connectivity index is 2.31. The number of aryl methyl sites for hydroxylation is 1. The maximum Gasteiger partial charge on any atom is 0.338 e. The van der Waals surface area contributed by atoms with Gasteiger partial charge in [-0.2, -0.15) is 0 Å².